The van der Waals surface area contributed by atoms with Crippen molar-refractivity contribution < 1.29 is 0 Å². The maximum Gasteiger partial charge on any atom is 0.138 e. The molecule has 0 aliphatic heterocycles. The summed E-state index contributed by atoms with van der Waals surface area (Å²) in [5.74, 6) is 0.857. The van der Waals surface area contributed by atoms with Crippen LogP contribution >= 0.6 is 0 Å². The Morgan fingerprint density at radius 3 is 2.71 bits per heavy atom. The molecular weight excluding hydrogens is 212 g/mol. The number of hydrogen-bond donors (Lipinski definition) is 1. The summed E-state index contributed by atoms with van der Waals surface area (Å²) in [5.41, 5.74) is 8.60. The summed E-state index contributed by atoms with van der Waals surface area (Å²) in [6.07, 6.45) is 3.58. The summed E-state index contributed by atoms with van der Waals surface area (Å²) >= 11 is 0. The molecule has 0 atom stereocenters. The number of aromatic nitrogens is 3. The highest BCUT2D eigenvalue weighted by molar-refractivity contribution is 5.76. The molecule has 2 N–H and O–H groups in total. The molecule has 0 saturated heterocycles. The highest BCUT2D eigenvalue weighted by Crippen LogP contribution is 2.16. The number of nitrogens with zero attached hydrogens (tertiary/aromatic N) is 3. The summed E-state index contributed by atoms with van der Waals surface area (Å²) < 4.78 is 1.97. The third-order valence-corrected chi connectivity index (χ3v) is 2.75. The van der Waals surface area contributed by atoms with Gasteiger partial charge in [-0.3, -0.25) is 4.57 Å². The number of para-hydroxylation sites is 2. The van der Waals surface area contributed by atoms with E-state index >= 15 is 0 Å². The maximum absolute atomic E-state index is 5.55. The Labute approximate surface area is 98.7 Å². The first-order valence-corrected chi connectivity index (χ1v) is 5.46. The van der Waals surface area contributed by atoms with Gasteiger partial charge in [0.1, 0.15) is 12.1 Å². The van der Waals surface area contributed by atoms with Crippen LogP contribution in [0.15, 0.2) is 48.9 Å². The van der Waals surface area contributed by atoms with Crippen LogP contribution < -0.4 is 5.73 Å². The molecule has 0 radical (unpaired) electrons. The predicted molar refractivity (Wildman–Crippen MR) is 66.8 cm³/mol. The van der Waals surface area contributed by atoms with E-state index in [0.29, 0.717) is 6.54 Å². The van der Waals surface area contributed by atoms with Crippen molar-refractivity contribution in [2.75, 3.05) is 0 Å². The van der Waals surface area contributed by atoms with Crippen molar-refractivity contribution in [2.24, 2.45) is 5.73 Å². The van der Waals surface area contributed by atoms with Gasteiger partial charge in [-0.15, -0.1) is 0 Å². The molecule has 0 fully saturated rings. The van der Waals surface area contributed by atoms with E-state index < -0.39 is 0 Å². The number of imidazole rings is 1. The average Bonchev–Trinajstić information content (AvgIpc) is 2.83. The van der Waals surface area contributed by atoms with E-state index in [2.05, 4.69) is 9.97 Å². The molecule has 0 saturated carbocycles. The van der Waals surface area contributed by atoms with Gasteiger partial charge in [-0.05, 0) is 23.8 Å². The van der Waals surface area contributed by atoms with E-state index in [4.69, 9.17) is 5.73 Å². The first-order valence-electron chi connectivity index (χ1n) is 5.46. The Hall–Kier alpha value is -2.20. The Kier molecular flexibility index (Phi) is 2.34. The summed E-state index contributed by atoms with van der Waals surface area (Å²) in [6, 6.07) is 11.9. The van der Waals surface area contributed by atoms with Crippen LogP contribution in [0.1, 0.15) is 5.56 Å². The van der Waals surface area contributed by atoms with E-state index in [-0.39, 0.29) is 0 Å². The van der Waals surface area contributed by atoms with Gasteiger partial charge >= 0.3 is 0 Å². The van der Waals surface area contributed by atoms with Gasteiger partial charge in [-0.1, -0.05) is 18.2 Å². The topological polar surface area (TPSA) is 56.7 Å². The van der Waals surface area contributed by atoms with Crippen LogP contribution in [0, 0.1) is 0 Å². The lowest BCUT2D eigenvalue weighted by Crippen LogP contribution is -2.00. The fourth-order valence-corrected chi connectivity index (χ4v) is 1.82. The number of pyridine rings is 1. The second-order valence-electron chi connectivity index (χ2n) is 3.83. The fourth-order valence-electron chi connectivity index (χ4n) is 1.82. The Morgan fingerprint density at radius 1 is 1.06 bits per heavy atom. The molecule has 4 heteroatoms. The molecule has 84 valence electrons. The van der Waals surface area contributed by atoms with Gasteiger partial charge in [0.25, 0.3) is 0 Å². The predicted octanol–water partition coefficient (Wildman–Crippen LogP) is 1.88. The van der Waals surface area contributed by atoms with Crippen LogP contribution in [0.3, 0.4) is 0 Å². The van der Waals surface area contributed by atoms with Gasteiger partial charge in [0.05, 0.1) is 11.0 Å². The number of benzene rings is 1. The average molecular weight is 224 g/mol. The van der Waals surface area contributed by atoms with E-state index in [1.165, 1.54) is 0 Å². The largest absolute Gasteiger partial charge is 0.326 e. The van der Waals surface area contributed by atoms with Crippen molar-refractivity contribution in [3.8, 4) is 5.82 Å². The summed E-state index contributed by atoms with van der Waals surface area (Å²) in [5, 5.41) is 0. The Balaban J connectivity index is 2.13. The van der Waals surface area contributed by atoms with Gasteiger partial charge in [-0.2, -0.15) is 0 Å². The molecule has 0 spiro atoms. The van der Waals surface area contributed by atoms with Crippen LogP contribution in [-0.4, -0.2) is 14.5 Å². The molecule has 2 aromatic heterocycles. The minimum absolute atomic E-state index is 0.512. The lowest BCUT2D eigenvalue weighted by molar-refractivity contribution is 0.988. The number of hydrogen-bond acceptors (Lipinski definition) is 3. The van der Waals surface area contributed by atoms with Crippen molar-refractivity contribution in [2.45, 2.75) is 6.54 Å². The van der Waals surface area contributed by atoms with Crippen LogP contribution in [-0.2, 0) is 6.54 Å². The molecule has 0 aliphatic rings. The lowest BCUT2D eigenvalue weighted by atomic mass is 10.3. The second-order valence-corrected chi connectivity index (χ2v) is 3.83. The first kappa shape index (κ1) is 9.99. The maximum atomic E-state index is 5.55. The van der Waals surface area contributed by atoms with Crippen molar-refractivity contribution in [1.29, 1.82) is 0 Å². The van der Waals surface area contributed by atoms with Crippen molar-refractivity contribution in [3.63, 3.8) is 0 Å². The molecular formula is C13H12N4. The third kappa shape index (κ3) is 1.68. The molecule has 0 aliphatic carbocycles. The molecule has 3 rings (SSSR count). The third-order valence-electron chi connectivity index (χ3n) is 2.75. The van der Waals surface area contributed by atoms with Crippen molar-refractivity contribution >= 4 is 11.0 Å². The zero-order chi connectivity index (χ0) is 11.7. The Bertz CT molecular complexity index is 640. The first-order chi connectivity index (χ1) is 8.38. The molecule has 0 bridgehead atoms. The second kappa shape index (κ2) is 3.99. The van der Waals surface area contributed by atoms with Crippen molar-refractivity contribution in [1.82, 2.24) is 14.5 Å². The number of nitrogens with two attached hydrogens (primary N) is 1. The van der Waals surface area contributed by atoms with Gasteiger partial charge in [-0.25, -0.2) is 9.97 Å². The SMILES string of the molecule is NCc1ccc(-n2cnc3ccccc32)nc1. The summed E-state index contributed by atoms with van der Waals surface area (Å²) in [4.78, 5) is 8.72. The molecule has 3 aromatic rings. The fraction of sp³-hybridized carbons (Fsp3) is 0.0769. The smallest absolute Gasteiger partial charge is 0.138 e. The van der Waals surface area contributed by atoms with E-state index in [1.807, 2.05) is 41.0 Å². The van der Waals surface area contributed by atoms with Crippen LogP contribution in [0.2, 0.25) is 0 Å². The molecule has 0 amide bonds. The molecule has 4 nitrogen and oxygen atoms in total. The number of fused-ring (bicyclic) bond motifs is 1. The van der Waals surface area contributed by atoms with E-state index in [9.17, 15) is 0 Å². The van der Waals surface area contributed by atoms with Crippen LogP contribution in [0.5, 0.6) is 0 Å². The molecule has 1 aromatic carbocycles. The van der Waals surface area contributed by atoms with Gasteiger partial charge in [0.2, 0.25) is 0 Å². The van der Waals surface area contributed by atoms with Gasteiger partial charge < -0.3 is 5.73 Å². The molecule has 2 heterocycles. The Morgan fingerprint density at radius 2 is 1.94 bits per heavy atom. The van der Waals surface area contributed by atoms with Crippen molar-refractivity contribution in [3.05, 3.63) is 54.5 Å². The summed E-state index contributed by atoms with van der Waals surface area (Å²) in [7, 11) is 0. The van der Waals surface area contributed by atoms with Gasteiger partial charge in [0, 0.05) is 12.7 Å². The van der Waals surface area contributed by atoms with E-state index in [0.717, 1.165) is 22.4 Å². The standard InChI is InChI=1S/C13H12N4/c14-7-10-5-6-13(15-8-10)17-9-16-11-3-1-2-4-12(11)17/h1-6,8-9H,7,14H2. The number of rotatable bonds is 2. The minimum Gasteiger partial charge on any atom is -0.326 e. The van der Waals surface area contributed by atoms with Crippen LogP contribution in [0.4, 0.5) is 0 Å². The minimum atomic E-state index is 0.512. The normalized spacial score (nSPS) is 10.9. The zero-order valence-corrected chi connectivity index (χ0v) is 9.24. The zero-order valence-electron chi connectivity index (χ0n) is 9.24. The lowest BCUT2D eigenvalue weighted by Gasteiger charge is -2.03. The molecule has 17 heavy (non-hydrogen) atoms. The van der Waals surface area contributed by atoms with Gasteiger partial charge in [0.15, 0.2) is 0 Å². The quantitative estimate of drug-likeness (QED) is 0.723. The van der Waals surface area contributed by atoms with E-state index in [1.54, 1.807) is 12.5 Å². The molecule has 0 unspecified atom stereocenters. The summed E-state index contributed by atoms with van der Waals surface area (Å²) in [6.45, 7) is 0.512. The highest BCUT2D eigenvalue weighted by atomic mass is 15.1. The highest BCUT2D eigenvalue weighted by Gasteiger charge is 2.04. The monoisotopic (exact) mass is 224 g/mol. The van der Waals surface area contributed by atoms with Crippen LogP contribution in [0.25, 0.3) is 16.9 Å².